The third-order valence-electron chi connectivity index (χ3n) is 6.97. The number of likely N-dealkylation sites (N-methyl/N-ethyl adjacent to an activating group) is 1. The maximum Gasteiger partial charge on any atom is 0.308 e. The quantitative estimate of drug-likeness (QED) is 0.235. The monoisotopic (exact) mass is 660 g/mol. The first-order valence-electron chi connectivity index (χ1n) is 13.0. The topological polar surface area (TPSA) is 171 Å². The lowest BCUT2D eigenvalue weighted by Gasteiger charge is -2.30. The highest BCUT2D eigenvalue weighted by Gasteiger charge is 2.47. The van der Waals surface area contributed by atoms with Gasteiger partial charge in [0, 0.05) is 40.2 Å². The molecule has 0 bridgehead atoms. The molecule has 2 aromatic carbocycles. The number of carbonyl (C=O) groups excluding carboxylic acids is 2. The number of non-ortho nitro benzene ring substituents is 1. The van der Waals surface area contributed by atoms with Gasteiger partial charge in [-0.15, -0.1) is 0 Å². The average Bonchev–Trinajstić information content (AvgIpc) is 3.20. The van der Waals surface area contributed by atoms with Crippen LogP contribution >= 0.6 is 15.9 Å². The number of carboxylic acid groups (broad SMARTS) is 1. The number of rotatable bonds is 11. The molecule has 2 atom stereocenters. The summed E-state index contributed by atoms with van der Waals surface area (Å²) in [5.74, 6) is -1.51. The number of nitro benzene ring substituents is 1. The molecule has 15 heteroatoms. The maximum atomic E-state index is 13.7. The van der Waals surface area contributed by atoms with Gasteiger partial charge in [0.05, 0.1) is 43.8 Å². The molecule has 0 radical (unpaired) electrons. The van der Waals surface area contributed by atoms with Gasteiger partial charge in [-0.3, -0.25) is 24.5 Å². The average molecular weight is 661 g/mol. The van der Waals surface area contributed by atoms with E-state index in [9.17, 15) is 29.6 Å². The van der Waals surface area contributed by atoms with E-state index < -0.39 is 41.5 Å². The van der Waals surface area contributed by atoms with Crippen LogP contribution in [0.4, 0.5) is 5.69 Å². The molecule has 1 saturated heterocycles. The van der Waals surface area contributed by atoms with Crippen molar-refractivity contribution in [2.24, 2.45) is 0 Å². The van der Waals surface area contributed by atoms with Crippen molar-refractivity contribution in [3.8, 4) is 23.1 Å². The first kappa shape index (κ1) is 31.3. The van der Waals surface area contributed by atoms with E-state index >= 15 is 0 Å². The lowest BCUT2D eigenvalue weighted by Crippen LogP contribution is -2.41. The van der Waals surface area contributed by atoms with E-state index in [4.69, 9.17) is 18.9 Å². The first-order valence-corrected chi connectivity index (χ1v) is 13.8. The zero-order valence-corrected chi connectivity index (χ0v) is 25.5. The van der Waals surface area contributed by atoms with E-state index in [0.717, 1.165) is 0 Å². The molecule has 1 aliphatic rings. The Balaban J connectivity index is 1.71. The molecule has 0 saturated carbocycles. The number of amides is 2. The van der Waals surface area contributed by atoms with Crippen molar-refractivity contribution in [2.75, 3.05) is 34.5 Å². The number of hydrogen-bond donors (Lipinski definition) is 1. The Morgan fingerprint density at radius 1 is 1.14 bits per heavy atom. The van der Waals surface area contributed by atoms with Gasteiger partial charge >= 0.3 is 5.97 Å². The smallest absolute Gasteiger partial charge is 0.308 e. The Bertz CT molecular complexity index is 1610. The second-order valence-electron chi connectivity index (χ2n) is 9.50. The zero-order chi connectivity index (χ0) is 31.6. The second-order valence-corrected chi connectivity index (χ2v) is 10.4. The molecule has 3 aromatic rings. The Labute approximate surface area is 254 Å². The molecule has 1 aromatic heterocycles. The van der Waals surface area contributed by atoms with Gasteiger partial charge in [-0.1, -0.05) is 0 Å². The summed E-state index contributed by atoms with van der Waals surface area (Å²) in [4.78, 5) is 56.4. The maximum absolute atomic E-state index is 13.7. The SMILES string of the molecule is CCOc1c(OC)cc([N+](=O)[O-])cc1[C@@H]1N(C)C(=O)[C@H](C)N1C(=O)COc1ccc2c(Br)cc(OC)c(CC(=O)O)c2n1. The molecule has 43 heavy (non-hydrogen) atoms. The van der Waals surface area contributed by atoms with Crippen LogP contribution < -0.4 is 18.9 Å². The number of methoxy groups -OCH3 is 2. The molecular formula is C28H29BrN4O10. The number of aliphatic carboxylic acids is 1. The third kappa shape index (κ3) is 5.98. The predicted molar refractivity (Wildman–Crippen MR) is 155 cm³/mol. The van der Waals surface area contributed by atoms with Crippen LogP contribution in [0.25, 0.3) is 10.9 Å². The molecule has 4 rings (SSSR count). The predicted octanol–water partition coefficient (Wildman–Crippen LogP) is 3.72. The van der Waals surface area contributed by atoms with Crippen molar-refractivity contribution in [2.45, 2.75) is 32.5 Å². The number of halogens is 1. The molecule has 0 aliphatic carbocycles. The summed E-state index contributed by atoms with van der Waals surface area (Å²) in [7, 11) is 4.23. The molecular weight excluding hydrogens is 632 g/mol. The van der Waals surface area contributed by atoms with Gasteiger partial charge in [-0.2, -0.15) is 0 Å². The summed E-state index contributed by atoms with van der Waals surface area (Å²) in [6.45, 7) is 2.91. The van der Waals surface area contributed by atoms with Crippen molar-refractivity contribution in [1.29, 1.82) is 0 Å². The zero-order valence-electron chi connectivity index (χ0n) is 24.0. The largest absolute Gasteiger partial charge is 0.496 e. The minimum Gasteiger partial charge on any atom is -0.496 e. The molecule has 2 heterocycles. The Kier molecular flexibility index (Phi) is 9.23. The van der Waals surface area contributed by atoms with Gasteiger partial charge in [0.1, 0.15) is 18.0 Å². The summed E-state index contributed by atoms with van der Waals surface area (Å²) in [6, 6.07) is 6.37. The van der Waals surface area contributed by atoms with E-state index in [1.807, 2.05) is 0 Å². The summed E-state index contributed by atoms with van der Waals surface area (Å²) < 4.78 is 22.9. The van der Waals surface area contributed by atoms with E-state index in [-0.39, 0.29) is 41.7 Å². The first-order chi connectivity index (χ1) is 20.4. The summed E-state index contributed by atoms with van der Waals surface area (Å²) in [5.41, 5.74) is 0.526. The van der Waals surface area contributed by atoms with Gasteiger partial charge < -0.3 is 33.9 Å². The Morgan fingerprint density at radius 2 is 1.84 bits per heavy atom. The van der Waals surface area contributed by atoms with E-state index in [0.29, 0.717) is 26.7 Å². The molecule has 1 aliphatic heterocycles. The van der Waals surface area contributed by atoms with Crippen molar-refractivity contribution in [3.63, 3.8) is 0 Å². The van der Waals surface area contributed by atoms with E-state index in [2.05, 4.69) is 20.9 Å². The molecule has 228 valence electrons. The lowest BCUT2D eigenvalue weighted by atomic mass is 10.1. The highest BCUT2D eigenvalue weighted by atomic mass is 79.9. The van der Waals surface area contributed by atoms with Gasteiger partial charge in [0.25, 0.3) is 11.6 Å². The molecule has 1 N–H and O–H groups in total. The van der Waals surface area contributed by atoms with Crippen molar-refractivity contribution in [3.05, 3.63) is 56.0 Å². The highest BCUT2D eigenvalue weighted by molar-refractivity contribution is 9.10. The van der Waals surface area contributed by atoms with Crippen LogP contribution in [0, 0.1) is 10.1 Å². The second kappa shape index (κ2) is 12.7. The number of nitro groups is 1. The molecule has 14 nitrogen and oxygen atoms in total. The van der Waals surface area contributed by atoms with Crippen molar-refractivity contribution >= 4 is 50.3 Å². The fourth-order valence-corrected chi connectivity index (χ4v) is 5.58. The summed E-state index contributed by atoms with van der Waals surface area (Å²) in [6.07, 6.45) is -1.43. The fraction of sp³-hybridized carbons (Fsp3) is 0.357. The van der Waals surface area contributed by atoms with Crippen LogP contribution in [0.2, 0.25) is 0 Å². The minimum absolute atomic E-state index is 0.0303. The summed E-state index contributed by atoms with van der Waals surface area (Å²) >= 11 is 3.44. The van der Waals surface area contributed by atoms with Crippen LogP contribution in [-0.2, 0) is 20.8 Å². The number of fused-ring (bicyclic) bond motifs is 1. The Hall–Kier alpha value is -4.66. The number of carbonyl (C=O) groups is 3. The standard InChI is InChI=1S/C28H29BrN4O10/c1-6-42-26-18(9-15(33(38)39)10-21(26)41-5)27-31(3)28(37)14(2)32(27)23(34)13-43-22-8-7-16-19(29)12-20(40-4)17(11-24(35)36)25(16)30-22/h7-10,12,14,27H,6,11,13H2,1-5H3,(H,35,36)/t14-,27+/m0/s1. The van der Waals surface area contributed by atoms with Gasteiger partial charge in [0.15, 0.2) is 18.1 Å². The Morgan fingerprint density at radius 3 is 2.44 bits per heavy atom. The van der Waals surface area contributed by atoms with Crippen LogP contribution in [0.5, 0.6) is 23.1 Å². The van der Waals surface area contributed by atoms with E-state index in [1.165, 1.54) is 49.3 Å². The number of carboxylic acids is 1. The number of nitrogens with zero attached hydrogens (tertiary/aromatic N) is 4. The fourth-order valence-electron chi connectivity index (χ4n) is 5.06. The third-order valence-corrected chi connectivity index (χ3v) is 7.62. The number of aromatic nitrogens is 1. The molecule has 1 fully saturated rings. The van der Waals surface area contributed by atoms with Gasteiger partial charge in [0.2, 0.25) is 11.8 Å². The molecule has 2 amide bonds. The number of hydrogen-bond acceptors (Lipinski definition) is 10. The van der Waals surface area contributed by atoms with Gasteiger partial charge in [-0.25, -0.2) is 4.98 Å². The normalized spacial score (nSPS) is 16.4. The van der Waals surface area contributed by atoms with E-state index in [1.54, 1.807) is 26.0 Å². The van der Waals surface area contributed by atoms with Crippen molar-refractivity contribution in [1.82, 2.24) is 14.8 Å². The van der Waals surface area contributed by atoms with Gasteiger partial charge in [-0.05, 0) is 41.9 Å². The molecule has 0 spiro atoms. The van der Waals surface area contributed by atoms with Crippen LogP contribution in [0.1, 0.15) is 31.1 Å². The van der Waals surface area contributed by atoms with Crippen molar-refractivity contribution < 1.29 is 43.4 Å². The minimum atomic E-state index is -1.09. The van der Waals surface area contributed by atoms with Crippen LogP contribution in [0.3, 0.4) is 0 Å². The number of pyridine rings is 1. The molecule has 0 unspecified atom stereocenters. The highest BCUT2D eigenvalue weighted by Crippen LogP contribution is 2.44. The summed E-state index contributed by atoms with van der Waals surface area (Å²) in [5, 5.41) is 21.8. The lowest BCUT2D eigenvalue weighted by molar-refractivity contribution is -0.385. The number of benzene rings is 2. The van der Waals surface area contributed by atoms with Crippen LogP contribution in [-0.4, -0.2) is 83.1 Å². The van der Waals surface area contributed by atoms with Crippen LogP contribution in [0.15, 0.2) is 34.8 Å². The number of ether oxygens (including phenoxy) is 4.